The van der Waals surface area contributed by atoms with E-state index in [-0.39, 0.29) is 44.0 Å². The van der Waals surface area contributed by atoms with Crippen LogP contribution < -0.4 is 0 Å². The van der Waals surface area contributed by atoms with Crippen molar-refractivity contribution in [2.45, 2.75) is 200 Å². The molecule has 0 aromatic heterocycles. The van der Waals surface area contributed by atoms with Crippen molar-refractivity contribution in [3.05, 3.63) is 146 Å². The minimum Gasteiger partial charge on any atom is -0.462 e. The summed E-state index contributed by atoms with van der Waals surface area (Å²) in [5, 5.41) is 0. The first-order valence-corrected chi connectivity index (χ1v) is 26.0. The highest BCUT2D eigenvalue weighted by Gasteiger charge is 2.19. The molecule has 0 amide bonds. The molecule has 0 aromatic carbocycles. The van der Waals surface area contributed by atoms with Crippen molar-refractivity contribution in [3.63, 3.8) is 0 Å². The first kappa shape index (κ1) is 61.3. The van der Waals surface area contributed by atoms with Crippen molar-refractivity contribution in [1.82, 2.24) is 0 Å². The third-order valence-electron chi connectivity index (χ3n) is 10.4. The van der Waals surface area contributed by atoms with E-state index in [4.69, 9.17) is 14.2 Å². The molecule has 66 heavy (non-hydrogen) atoms. The molecule has 0 rings (SSSR count). The smallest absolute Gasteiger partial charge is 0.306 e. The second-order valence-electron chi connectivity index (χ2n) is 16.6. The maximum Gasteiger partial charge on any atom is 0.306 e. The van der Waals surface area contributed by atoms with Crippen molar-refractivity contribution in [1.29, 1.82) is 0 Å². The minimum absolute atomic E-state index is 0.115. The number of carbonyl (C=O) groups is 3. The molecular formula is C60H92O6. The fourth-order valence-corrected chi connectivity index (χ4v) is 6.56. The molecular weight excluding hydrogens is 817 g/mol. The van der Waals surface area contributed by atoms with Crippen LogP contribution in [0.3, 0.4) is 0 Å². The lowest BCUT2D eigenvalue weighted by atomic mass is 10.0. The molecule has 0 spiro atoms. The van der Waals surface area contributed by atoms with E-state index >= 15 is 0 Å². The van der Waals surface area contributed by atoms with Gasteiger partial charge < -0.3 is 14.2 Å². The fourth-order valence-electron chi connectivity index (χ4n) is 6.56. The van der Waals surface area contributed by atoms with Gasteiger partial charge in [0.2, 0.25) is 0 Å². The maximum absolute atomic E-state index is 12.8. The van der Waals surface area contributed by atoms with E-state index in [1.807, 2.05) is 122 Å². The Morgan fingerprint density at radius 3 is 0.924 bits per heavy atom. The minimum atomic E-state index is -0.824. The largest absolute Gasteiger partial charge is 0.462 e. The van der Waals surface area contributed by atoms with Crippen LogP contribution in [0.5, 0.6) is 0 Å². The molecule has 0 saturated heterocycles. The summed E-state index contributed by atoms with van der Waals surface area (Å²) in [5.74, 6) is -1.01. The molecule has 0 heterocycles. The molecule has 1 unspecified atom stereocenters. The summed E-state index contributed by atoms with van der Waals surface area (Å²) in [4.78, 5) is 38.0. The monoisotopic (exact) mass is 909 g/mol. The Morgan fingerprint density at radius 2 is 0.591 bits per heavy atom. The predicted molar refractivity (Wildman–Crippen MR) is 283 cm³/mol. The van der Waals surface area contributed by atoms with Crippen LogP contribution in [0.1, 0.15) is 194 Å². The van der Waals surface area contributed by atoms with Gasteiger partial charge in [-0.2, -0.15) is 0 Å². The van der Waals surface area contributed by atoms with Crippen molar-refractivity contribution < 1.29 is 28.6 Å². The van der Waals surface area contributed by atoms with Crippen LogP contribution in [-0.4, -0.2) is 37.2 Å². The van der Waals surface area contributed by atoms with E-state index in [0.717, 1.165) is 70.6 Å². The van der Waals surface area contributed by atoms with Gasteiger partial charge in [-0.15, -0.1) is 0 Å². The third-order valence-corrected chi connectivity index (χ3v) is 10.4. The average Bonchev–Trinajstić information content (AvgIpc) is 3.31. The molecule has 0 fully saturated rings. The molecule has 0 N–H and O–H groups in total. The Kier molecular flexibility index (Phi) is 49.1. The van der Waals surface area contributed by atoms with Gasteiger partial charge in [0.15, 0.2) is 6.10 Å². The van der Waals surface area contributed by atoms with Gasteiger partial charge in [-0.25, -0.2) is 0 Å². The van der Waals surface area contributed by atoms with E-state index in [1.54, 1.807) is 0 Å². The normalized spacial score (nSPS) is 13.3. The Labute approximate surface area is 404 Å². The third kappa shape index (κ3) is 50.3. The van der Waals surface area contributed by atoms with Crippen molar-refractivity contribution >= 4 is 17.9 Å². The molecule has 0 aromatic rings. The van der Waals surface area contributed by atoms with Gasteiger partial charge in [-0.3, -0.25) is 14.4 Å². The van der Waals surface area contributed by atoms with E-state index in [1.165, 1.54) is 70.6 Å². The van der Waals surface area contributed by atoms with E-state index in [9.17, 15) is 14.4 Å². The van der Waals surface area contributed by atoms with Gasteiger partial charge in [-0.05, 0) is 57.8 Å². The van der Waals surface area contributed by atoms with Gasteiger partial charge in [0.05, 0.1) is 0 Å². The number of carbonyl (C=O) groups excluding carboxylic acids is 3. The van der Waals surface area contributed by atoms with Crippen LogP contribution in [0.25, 0.3) is 0 Å². The zero-order valence-electron chi connectivity index (χ0n) is 41.9. The highest BCUT2D eigenvalue weighted by molar-refractivity contribution is 5.71. The van der Waals surface area contributed by atoms with Crippen molar-refractivity contribution in [2.24, 2.45) is 0 Å². The number of unbranched alkanes of at least 4 members (excludes halogenated alkanes) is 19. The lowest BCUT2D eigenvalue weighted by molar-refractivity contribution is -0.167. The molecule has 6 heteroatoms. The van der Waals surface area contributed by atoms with Crippen molar-refractivity contribution in [2.75, 3.05) is 13.2 Å². The topological polar surface area (TPSA) is 78.9 Å². The summed E-state index contributed by atoms with van der Waals surface area (Å²) in [6, 6.07) is 0. The summed E-state index contributed by atoms with van der Waals surface area (Å²) >= 11 is 0. The summed E-state index contributed by atoms with van der Waals surface area (Å²) in [5.41, 5.74) is 0. The predicted octanol–water partition coefficient (Wildman–Crippen LogP) is 17.3. The summed E-state index contributed by atoms with van der Waals surface area (Å²) in [7, 11) is 0. The summed E-state index contributed by atoms with van der Waals surface area (Å²) < 4.78 is 16.7. The lowest BCUT2D eigenvalue weighted by Gasteiger charge is -2.18. The maximum atomic E-state index is 12.8. The number of ether oxygens (including phenoxy) is 3. The Morgan fingerprint density at radius 1 is 0.318 bits per heavy atom. The van der Waals surface area contributed by atoms with Crippen LogP contribution >= 0.6 is 0 Å². The van der Waals surface area contributed by atoms with Gasteiger partial charge in [0, 0.05) is 19.3 Å². The van der Waals surface area contributed by atoms with Gasteiger partial charge in [0.25, 0.3) is 0 Å². The van der Waals surface area contributed by atoms with Gasteiger partial charge in [-0.1, -0.05) is 263 Å². The number of hydrogen-bond acceptors (Lipinski definition) is 6. The molecule has 0 bridgehead atoms. The fraction of sp³-hybridized carbons (Fsp3) is 0.550. The summed E-state index contributed by atoms with van der Waals surface area (Å²) in [6.45, 7) is 6.25. The number of esters is 3. The van der Waals surface area contributed by atoms with E-state index in [2.05, 4.69) is 45.1 Å². The summed E-state index contributed by atoms with van der Waals surface area (Å²) in [6.07, 6.45) is 75.3. The second kappa shape index (κ2) is 52.9. The van der Waals surface area contributed by atoms with Crippen molar-refractivity contribution in [3.8, 4) is 0 Å². The van der Waals surface area contributed by atoms with E-state index in [0.29, 0.717) is 19.3 Å². The van der Waals surface area contributed by atoms with Gasteiger partial charge >= 0.3 is 17.9 Å². The van der Waals surface area contributed by atoms with Crippen LogP contribution in [0, 0.1) is 0 Å². The molecule has 0 aliphatic carbocycles. The van der Waals surface area contributed by atoms with Crippen LogP contribution in [0.15, 0.2) is 146 Å². The van der Waals surface area contributed by atoms with Crippen LogP contribution in [0.4, 0.5) is 0 Å². The molecule has 0 aliphatic heterocycles. The zero-order chi connectivity index (χ0) is 47.9. The molecule has 368 valence electrons. The highest BCUT2D eigenvalue weighted by atomic mass is 16.6. The molecule has 0 saturated carbocycles. The van der Waals surface area contributed by atoms with Crippen LogP contribution in [0.2, 0.25) is 0 Å². The Balaban J connectivity index is 4.59. The first-order valence-electron chi connectivity index (χ1n) is 26.0. The molecule has 6 nitrogen and oxygen atoms in total. The van der Waals surface area contributed by atoms with Gasteiger partial charge in [0.1, 0.15) is 13.2 Å². The van der Waals surface area contributed by atoms with Crippen LogP contribution in [-0.2, 0) is 28.6 Å². The highest BCUT2D eigenvalue weighted by Crippen LogP contribution is 2.14. The Hall–Kier alpha value is -4.71. The lowest BCUT2D eigenvalue weighted by Crippen LogP contribution is -2.30. The molecule has 1 atom stereocenters. The SMILES string of the molecule is CC\C=C/C=C\C=C/C=C\C=C/CCCCCC(=O)OC(COC(=O)CCCCC\C=C/C=C\C=C\C=C/C=C\C=C/C=C\CC)COC(=O)CCCCCCCCCCCCCCCC. The number of allylic oxidation sites excluding steroid dienone is 24. The average molecular weight is 909 g/mol. The quantitative estimate of drug-likeness (QED) is 0.0262. The number of hydrogen-bond donors (Lipinski definition) is 0. The molecule has 0 radical (unpaired) electrons. The van der Waals surface area contributed by atoms with E-state index < -0.39 is 6.10 Å². The number of rotatable bonds is 44. The molecule has 0 aliphatic rings. The zero-order valence-corrected chi connectivity index (χ0v) is 41.9. The Bertz CT molecular complexity index is 1510. The standard InChI is InChI=1S/C60H92O6/c1-4-7-10-13-16-19-22-25-28-29-30-31-33-35-38-41-44-47-50-53-59(62)65-56-57(55-64-58(61)52-49-46-43-40-37-34-27-24-21-18-15-12-9-6-3)66-60(63)54-51-48-45-42-39-36-32-26-23-20-17-14-11-8-5-2/h7-8,10-11,13-14,16-17,19-20,22-23,25-26,28-33,35-36,38-39,57H,4-6,9,12,15,18,21,24,27,34,37,40-56H2,1-3H3/b10-7-,11-8-,16-13-,17-14-,22-19-,23-20-,28-25-,30-29+,32-26-,33-31-,38-35-,39-36-. The first-order chi connectivity index (χ1) is 32.5. The second-order valence-corrected chi connectivity index (χ2v) is 16.6.